The van der Waals surface area contributed by atoms with Gasteiger partial charge in [-0.3, -0.25) is 9.89 Å². The van der Waals surface area contributed by atoms with Crippen molar-refractivity contribution in [1.82, 2.24) is 19.6 Å². The van der Waals surface area contributed by atoms with Gasteiger partial charge in [0.05, 0.1) is 5.69 Å². The van der Waals surface area contributed by atoms with Crippen LogP contribution in [0.2, 0.25) is 0 Å². The number of fused-ring (bicyclic) bond motifs is 1. The summed E-state index contributed by atoms with van der Waals surface area (Å²) >= 11 is 1.24. The molecular formula is C20H15F3N4O2S. The van der Waals surface area contributed by atoms with E-state index in [1.807, 2.05) is 30.3 Å². The van der Waals surface area contributed by atoms with Crippen molar-refractivity contribution in [3.63, 3.8) is 0 Å². The molecular weight excluding hydrogens is 417 g/mol. The van der Waals surface area contributed by atoms with Crippen LogP contribution in [0.4, 0.5) is 13.2 Å². The van der Waals surface area contributed by atoms with Crippen molar-refractivity contribution < 1.29 is 17.9 Å². The van der Waals surface area contributed by atoms with E-state index in [2.05, 4.69) is 19.8 Å². The van der Waals surface area contributed by atoms with Crippen LogP contribution >= 0.6 is 11.8 Å². The SMILES string of the molecule is O=c1cc(CSc2cccc(OC(F)(F)F)c2)nc2nc(Cc3ccccc3)[nH]n12. The third kappa shape index (κ3) is 5.01. The lowest BCUT2D eigenvalue weighted by molar-refractivity contribution is -0.274. The highest BCUT2D eigenvalue weighted by Gasteiger charge is 2.31. The van der Waals surface area contributed by atoms with Gasteiger partial charge in [-0.25, -0.2) is 4.98 Å². The molecule has 2 aromatic heterocycles. The minimum absolute atomic E-state index is 0.248. The lowest BCUT2D eigenvalue weighted by atomic mass is 10.1. The fourth-order valence-corrected chi connectivity index (χ4v) is 3.67. The molecule has 0 spiro atoms. The van der Waals surface area contributed by atoms with Crippen molar-refractivity contribution in [3.8, 4) is 5.75 Å². The Kier molecular flexibility index (Phi) is 5.49. The van der Waals surface area contributed by atoms with Gasteiger partial charge in [0.1, 0.15) is 11.6 Å². The molecule has 0 aliphatic rings. The van der Waals surface area contributed by atoms with Crippen LogP contribution in [0.3, 0.4) is 0 Å². The number of halogens is 3. The molecule has 0 aliphatic carbocycles. The van der Waals surface area contributed by atoms with Gasteiger partial charge in [0.25, 0.3) is 11.3 Å². The van der Waals surface area contributed by atoms with Gasteiger partial charge >= 0.3 is 6.36 Å². The second-order valence-electron chi connectivity index (χ2n) is 6.37. The Balaban J connectivity index is 1.50. The number of thioether (sulfide) groups is 1. The number of rotatable bonds is 6. The molecule has 1 N–H and O–H groups in total. The molecule has 2 aromatic carbocycles. The summed E-state index contributed by atoms with van der Waals surface area (Å²) in [6.45, 7) is 0. The van der Waals surface area contributed by atoms with Gasteiger partial charge in [-0.15, -0.1) is 24.9 Å². The average Bonchev–Trinajstić information content (AvgIpc) is 3.09. The molecule has 4 aromatic rings. The number of hydrogen-bond acceptors (Lipinski definition) is 5. The molecule has 0 fully saturated rings. The van der Waals surface area contributed by atoms with E-state index < -0.39 is 6.36 Å². The Morgan fingerprint density at radius 1 is 1.03 bits per heavy atom. The second-order valence-corrected chi connectivity index (χ2v) is 7.41. The summed E-state index contributed by atoms with van der Waals surface area (Å²) in [7, 11) is 0. The van der Waals surface area contributed by atoms with E-state index >= 15 is 0 Å². The first-order valence-electron chi connectivity index (χ1n) is 8.86. The largest absolute Gasteiger partial charge is 0.573 e. The molecule has 30 heavy (non-hydrogen) atoms. The zero-order valence-electron chi connectivity index (χ0n) is 15.4. The van der Waals surface area contributed by atoms with E-state index in [1.54, 1.807) is 6.07 Å². The lowest BCUT2D eigenvalue weighted by Crippen LogP contribution is -2.17. The molecule has 2 heterocycles. The fourth-order valence-electron chi connectivity index (χ4n) is 2.83. The van der Waals surface area contributed by atoms with Gasteiger partial charge in [-0.1, -0.05) is 36.4 Å². The van der Waals surface area contributed by atoms with Gasteiger partial charge in [0, 0.05) is 23.1 Å². The van der Waals surface area contributed by atoms with Crippen LogP contribution in [0.15, 0.2) is 70.4 Å². The van der Waals surface area contributed by atoms with Crippen molar-refractivity contribution >= 4 is 17.5 Å². The normalized spacial score (nSPS) is 11.7. The second kappa shape index (κ2) is 8.23. The highest BCUT2D eigenvalue weighted by molar-refractivity contribution is 7.98. The molecule has 0 amide bonds. The number of H-pyrrole nitrogens is 1. The van der Waals surface area contributed by atoms with Crippen LogP contribution in [-0.2, 0) is 12.2 Å². The maximum Gasteiger partial charge on any atom is 0.573 e. The number of benzene rings is 2. The van der Waals surface area contributed by atoms with E-state index in [0.717, 1.165) is 5.56 Å². The Morgan fingerprint density at radius 2 is 1.83 bits per heavy atom. The highest BCUT2D eigenvalue weighted by atomic mass is 32.2. The summed E-state index contributed by atoms with van der Waals surface area (Å²) in [5.74, 6) is 0.849. The lowest BCUT2D eigenvalue weighted by Gasteiger charge is -2.09. The average molecular weight is 432 g/mol. The van der Waals surface area contributed by atoms with E-state index in [0.29, 0.717) is 28.6 Å². The number of aromatic amines is 1. The van der Waals surface area contributed by atoms with Crippen LogP contribution in [0.1, 0.15) is 17.1 Å². The summed E-state index contributed by atoms with van der Waals surface area (Å²) in [6, 6.07) is 16.7. The predicted molar refractivity (Wildman–Crippen MR) is 106 cm³/mol. The van der Waals surface area contributed by atoms with Crippen LogP contribution in [0.5, 0.6) is 5.75 Å². The Labute approximate surface area is 172 Å². The molecule has 0 atom stereocenters. The zero-order valence-corrected chi connectivity index (χ0v) is 16.2. The molecule has 0 radical (unpaired) electrons. The van der Waals surface area contributed by atoms with Crippen LogP contribution < -0.4 is 10.3 Å². The number of ether oxygens (including phenoxy) is 1. The summed E-state index contributed by atoms with van der Waals surface area (Å²) in [5, 5.41) is 2.94. The van der Waals surface area contributed by atoms with E-state index in [9.17, 15) is 18.0 Å². The minimum atomic E-state index is -4.75. The van der Waals surface area contributed by atoms with E-state index in [1.165, 1.54) is 40.5 Å². The first-order chi connectivity index (χ1) is 14.4. The molecule has 0 saturated carbocycles. The standard InChI is InChI=1S/C20H15F3N4O2S/c21-20(22,23)29-15-7-4-8-16(11-15)30-12-14-10-18(28)27-19(24-14)25-17(26-27)9-13-5-2-1-3-6-13/h1-8,10-11H,9,12H2,(H,24,25,26). The van der Waals surface area contributed by atoms with Crippen molar-refractivity contribution in [2.75, 3.05) is 0 Å². The van der Waals surface area contributed by atoms with Crippen LogP contribution in [-0.4, -0.2) is 25.9 Å². The number of aromatic nitrogens is 4. The highest BCUT2D eigenvalue weighted by Crippen LogP contribution is 2.28. The zero-order chi connectivity index (χ0) is 21.1. The summed E-state index contributed by atoms with van der Waals surface area (Å²) in [4.78, 5) is 21.7. The molecule has 0 aliphatic heterocycles. The van der Waals surface area contributed by atoms with Gasteiger partial charge in [-0.05, 0) is 23.8 Å². The topological polar surface area (TPSA) is 72.3 Å². The molecule has 154 valence electrons. The van der Waals surface area contributed by atoms with Gasteiger partial charge in [0.2, 0.25) is 0 Å². The Bertz CT molecular complexity index is 1220. The smallest absolute Gasteiger partial charge is 0.406 e. The van der Waals surface area contributed by atoms with Crippen LogP contribution in [0, 0.1) is 0 Å². The summed E-state index contributed by atoms with van der Waals surface area (Å²) in [6.07, 6.45) is -4.22. The monoisotopic (exact) mass is 432 g/mol. The third-order valence-corrected chi connectivity index (χ3v) is 5.10. The molecule has 6 nitrogen and oxygen atoms in total. The number of alkyl halides is 3. The molecule has 4 rings (SSSR count). The van der Waals surface area contributed by atoms with Crippen molar-refractivity contribution in [2.24, 2.45) is 0 Å². The van der Waals surface area contributed by atoms with Gasteiger partial charge in [0.15, 0.2) is 0 Å². The van der Waals surface area contributed by atoms with Crippen LogP contribution in [0.25, 0.3) is 5.78 Å². The van der Waals surface area contributed by atoms with E-state index in [4.69, 9.17) is 0 Å². The molecule has 0 saturated heterocycles. The third-order valence-electron chi connectivity index (χ3n) is 4.07. The maximum atomic E-state index is 12.4. The summed E-state index contributed by atoms with van der Waals surface area (Å²) < 4.78 is 42.3. The van der Waals surface area contributed by atoms with E-state index in [-0.39, 0.29) is 17.1 Å². The maximum absolute atomic E-state index is 12.4. The Morgan fingerprint density at radius 3 is 2.60 bits per heavy atom. The summed E-state index contributed by atoms with van der Waals surface area (Å²) in [5.41, 5.74) is 1.21. The first kappa shape index (κ1) is 20.0. The molecule has 10 heteroatoms. The van der Waals surface area contributed by atoms with Gasteiger partial charge in [-0.2, -0.15) is 9.50 Å². The van der Waals surface area contributed by atoms with Gasteiger partial charge < -0.3 is 4.74 Å². The van der Waals surface area contributed by atoms with Crippen molar-refractivity contribution in [1.29, 1.82) is 0 Å². The quantitative estimate of drug-likeness (QED) is 0.463. The number of nitrogens with zero attached hydrogens (tertiary/aromatic N) is 3. The minimum Gasteiger partial charge on any atom is -0.406 e. The number of hydrogen-bond donors (Lipinski definition) is 1. The number of nitrogens with one attached hydrogen (secondary N) is 1. The molecule has 0 bridgehead atoms. The predicted octanol–water partition coefficient (Wildman–Crippen LogP) is 4.20. The van der Waals surface area contributed by atoms with Crippen molar-refractivity contribution in [3.05, 3.63) is 88.1 Å². The fraction of sp³-hybridized carbons (Fsp3) is 0.150. The Hall–Kier alpha value is -3.27. The van der Waals surface area contributed by atoms with Crippen molar-refractivity contribution in [2.45, 2.75) is 23.4 Å². The molecule has 0 unspecified atom stereocenters. The first-order valence-corrected chi connectivity index (χ1v) is 9.84.